The number of amides is 1. The summed E-state index contributed by atoms with van der Waals surface area (Å²) in [6, 6.07) is 0. The van der Waals surface area contributed by atoms with Crippen LogP contribution in [0.2, 0.25) is 0 Å². The molecule has 0 aromatic carbocycles. The molecule has 0 atom stereocenters. The summed E-state index contributed by atoms with van der Waals surface area (Å²) in [4.78, 5) is 9.45. The SMILES string of the molecule is O=[C]NC(Br)(C(F)(F)F)C(F)(F)F. The summed E-state index contributed by atoms with van der Waals surface area (Å²) in [6.07, 6.45) is -11.0. The van der Waals surface area contributed by atoms with Gasteiger partial charge < -0.3 is 5.32 Å². The lowest BCUT2D eigenvalue weighted by Gasteiger charge is -2.30. The maximum atomic E-state index is 11.8. The van der Waals surface area contributed by atoms with Crippen LogP contribution in [0.15, 0.2) is 0 Å². The second-order valence-electron chi connectivity index (χ2n) is 1.88. The molecule has 9 heteroatoms. The van der Waals surface area contributed by atoms with E-state index in [0.717, 1.165) is 0 Å². The number of nitrogens with one attached hydrogen (secondary N) is 1. The predicted molar refractivity (Wildman–Crippen MR) is 32.6 cm³/mol. The molecule has 77 valence electrons. The van der Waals surface area contributed by atoms with Gasteiger partial charge in [-0.1, -0.05) is 0 Å². The average molecular weight is 273 g/mol. The molecule has 1 N–H and O–H groups in total. The number of hydrogen-bond donors (Lipinski definition) is 1. The summed E-state index contributed by atoms with van der Waals surface area (Å²) < 4.78 is 66.2. The molecule has 0 saturated heterocycles. The van der Waals surface area contributed by atoms with Crippen molar-refractivity contribution in [2.75, 3.05) is 0 Å². The third kappa shape index (κ3) is 2.26. The van der Waals surface area contributed by atoms with Crippen molar-refractivity contribution in [3.8, 4) is 0 Å². The van der Waals surface area contributed by atoms with E-state index in [2.05, 4.69) is 0 Å². The van der Waals surface area contributed by atoms with E-state index >= 15 is 0 Å². The van der Waals surface area contributed by atoms with Crippen LogP contribution in [0.3, 0.4) is 0 Å². The van der Waals surface area contributed by atoms with Crippen LogP contribution in [0.1, 0.15) is 0 Å². The molecular weight excluding hydrogens is 272 g/mol. The summed E-state index contributed by atoms with van der Waals surface area (Å²) in [5.74, 6) is 0. The first-order valence-corrected chi connectivity index (χ1v) is 3.32. The zero-order valence-corrected chi connectivity index (χ0v) is 7.14. The molecule has 1 radical (unpaired) electrons. The van der Waals surface area contributed by atoms with Crippen LogP contribution in [0.4, 0.5) is 26.3 Å². The number of halogens is 7. The Morgan fingerprint density at radius 1 is 1.00 bits per heavy atom. The summed E-state index contributed by atoms with van der Waals surface area (Å²) in [5, 5.41) is 0.500. The Kier molecular flexibility index (Phi) is 3.23. The molecule has 0 spiro atoms. The molecule has 0 aliphatic rings. The first-order valence-electron chi connectivity index (χ1n) is 2.53. The average Bonchev–Trinajstić information content (AvgIpc) is 1.82. The predicted octanol–water partition coefficient (Wildman–Crippen LogP) is 1.86. The fourth-order valence-corrected chi connectivity index (χ4v) is 0.454. The van der Waals surface area contributed by atoms with Crippen molar-refractivity contribution in [2.45, 2.75) is 16.8 Å². The van der Waals surface area contributed by atoms with Crippen LogP contribution >= 0.6 is 15.9 Å². The van der Waals surface area contributed by atoms with E-state index in [1.54, 1.807) is 0 Å². The molecule has 0 heterocycles. The minimum atomic E-state index is -5.69. The van der Waals surface area contributed by atoms with Crippen LogP contribution in [-0.4, -0.2) is 23.2 Å². The van der Waals surface area contributed by atoms with Crippen LogP contribution in [0.25, 0.3) is 0 Å². The van der Waals surface area contributed by atoms with Gasteiger partial charge in [0, 0.05) is 0 Å². The fourth-order valence-electron chi connectivity index (χ4n) is 0.373. The van der Waals surface area contributed by atoms with Gasteiger partial charge in [-0.2, -0.15) is 26.3 Å². The third-order valence-electron chi connectivity index (χ3n) is 1.00. The Morgan fingerprint density at radius 3 is 1.38 bits per heavy atom. The Labute approximate surface area is 76.4 Å². The van der Waals surface area contributed by atoms with Crippen molar-refractivity contribution in [2.24, 2.45) is 0 Å². The van der Waals surface area contributed by atoms with Crippen molar-refractivity contribution in [3.63, 3.8) is 0 Å². The molecule has 0 aliphatic heterocycles. The second kappa shape index (κ2) is 3.35. The quantitative estimate of drug-likeness (QED) is 0.354. The number of alkyl halides is 7. The molecule has 0 fully saturated rings. The lowest BCUT2D eigenvalue weighted by atomic mass is 10.3. The van der Waals surface area contributed by atoms with E-state index in [4.69, 9.17) is 0 Å². The molecule has 0 aromatic heterocycles. The van der Waals surface area contributed by atoms with Gasteiger partial charge in [0.25, 0.3) is 4.45 Å². The lowest BCUT2D eigenvalue weighted by Crippen LogP contribution is -2.61. The Balaban J connectivity index is 5.07. The van der Waals surface area contributed by atoms with Crippen molar-refractivity contribution < 1.29 is 31.1 Å². The van der Waals surface area contributed by atoms with E-state index in [-0.39, 0.29) is 0 Å². The molecule has 0 aliphatic carbocycles. The largest absolute Gasteiger partial charge is 0.430 e. The van der Waals surface area contributed by atoms with Gasteiger partial charge in [-0.15, -0.1) is 0 Å². The lowest BCUT2D eigenvalue weighted by molar-refractivity contribution is -0.266. The monoisotopic (exact) mass is 272 g/mol. The van der Waals surface area contributed by atoms with Crippen LogP contribution < -0.4 is 5.32 Å². The number of hydrogen-bond acceptors (Lipinski definition) is 1. The Hall–Kier alpha value is -0.470. The van der Waals surface area contributed by atoms with Gasteiger partial charge in [-0.3, -0.25) is 4.79 Å². The van der Waals surface area contributed by atoms with Crippen LogP contribution in [0, 0.1) is 0 Å². The number of carbonyl (C=O) groups excluding carboxylic acids is 1. The normalized spacial score (nSPS) is 14.1. The molecule has 2 nitrogen and oxygen atoms in total. The van der Waals surface area contributed by atoms with Gasteiger partial charge in [-0.05, 0) is 15.9 Å². The molecule has 0 unspecified atom stereocenters. The Morgan fingerprint density at radius 2 is 1.31 bits per heavy atom. The van der Waals surface area contributed by atoms with E-state index in [1.807, 2.05) is 0 Å². The first kappa shape index (κ1) is 12.5. The zero-order chi connectivity index (χ0) is 10.9. The zero-order valence-electron chi connectivity index (χ0n) is 5.55. The van der Waals surface area contributed by atoms with Crippen LogP contribution in [0.5, 0.6) is 0 Å². The highest BCUT2D eigenvalue weighted by Crippen LogP contribution is 2.46. The molecule has 0 rings (SSSR count). The molecule has 0 saturated carbocycles. The van der Waals surface area contributed by atoms with Crippen molar-refractivity contribution in [3.05, 3.63) is 0 Å². The summed E-state index contributed by atoms with van der Waals surface area (Å²) in [5.41, 5.74) is 0. The smallest absolute Gasteiger partial charge is 0.317 e. The molecule has 13 heavy (non-hydrogen) atoms. The van der Waals surface area contributed by atoms with Crippen molar-refractivity contribution >= 4 is 22.3 Å². The molecule has 1 amide bonds. The summed E-state index contributed by atoms with van der Waals surface area (Å²) in [7, 11) is 0. The topological polar surface area (TPSA) is 29.1 Å². The highest BCUT2D eigenvalue weighted by molar-refractivity contribution is 9.10. The van der Waals surface area contributed by atoms with Gasteiger partial charge >= 0.3 is 18.8 Å². The second-order valence-corrected chi connectivity index (χ2v) is 3.07. The maximum absolute atomic E-state index is 11.8. The van der Waals surface area contributed by atoms with Gasteiger partial charge in [0.15, 0.2) is 0 Å². The van der Waals surface area contributed by atoms with Gasteiger partial charge in [0.1, 0.15) is 0 Å². The van der Waals surface area contributed by atoms with E-state index in [9.17, 15) is 31.1 Å². The Bertz CT molecular complexity index is 184. The minimum Gasteiger partial charge on any atom is -0.317 e. The highest BCUT2D eigenvalue weighted by atomic mass is 79.9. The maximum Gasteiger partial charge on any atom is 0.430 e. The summed E-state index contributed by atoms with van der Waals surface area (Å²) in [6.45, 7) is 0. The number of rotatable bonds is 2. The van der Waals surface area contributed by atoms with E-state index < -0.39 is 16.8 Å². The third-order valence-corrected chi connectivity index (χ3v) is 2.10. The van der Waals surface area contributed by atoms with Gasteiger partial charge in [-0.25, -0.2) is 0 Å². The summed E-state index contributed by atoms with van der Waals surface area (Å²) >= 11 is 1.36. The molecular formula is C4HBrF6NO. The van der Waals surface area contributed by atoms with Crippen molar-refractivity contribution in [1.82, 2.24) is 5.32 Å². The fraction of sp³-hybridized carbons (Fsp3) is 0.750. The standard InChI is InChI=1S/C4HBrF6NO/c5-2(12-1-13,3(6,7)8)4(9,10)11/h(H,12,13). The highest BCUT2D eigenvalue weighted by Gasteiger charge is 2.70. The van der Waals surface area contributed by atoms with Gasteiger partial charge in [0.05, 0.1) is 0 Å². The molecule has 0 bridgehead atoms. The van der Waals surface area contributed by atoms with Gasteiger partial charge in [0.2, 0.25) is 0 Å². The molecule has 0 aromatic rings. The minimum absolute atomic E-state index is 0.335. The van der Waals surface area contributed by atoms with E-state index in [0.29, 0.717) is 11.7 Å². The van der Waals surface area contributed by atoms with E-state index in [1.165, 1.54) is 15.9 Å². The van der Waals surface area contributed by atoms with Crippen LogP contribution in [-0.2, 0) is 4.79 Å². The first-order chi connectivity index (χ1) is 5.56. The van der Waals surface area contributed by atoms with Crippen molar-refractivity contribution in [1.29, 1.82) is 0 Å².